The van der Waals surface area contributed by atoms with E-state index in [1.54, 1.807) is 6.20 Å². The molecule has 1 fully saturated rings. The third-order valence-electron chi connectivity index (χ3n) is 5.71. The molecule has 0 N–H and O–H groups in total. The summed E-state index contributed by atoms with van der Waals surface area (Å²) in [5.41, 5.74) is 4.16. The molecular formula is C25H26N2O3. The minimum absolute atomic E-state index is 0.0333. The predicted octanol–water partition coefficient (Wildman–Crippen LogP) is 4.55. The van der Waals surface area contributed by atoms with Crippen LogP contribution < -0.4 is 4.90 Å². The summed E-state index contributed by atoms with van der Waals surface area (Å²) in [6.07, 6.45) is 3.13. The maximum absolute atomic E-state index is 13.4. The molecule has 0 radical (unpaired) electrons. The summed E-state index contributed by atoms with van der Waals surface area (Å²) in [6, 6.07) is 15.4. The first-order valence-corrected chi connectivity index (χ1v) is 10.5. The lowest BCUT2D eigenvalue weighted by Gasteiger charge is -2.34. The van der Waals surface area contributed by atoms with Crippen molar-refractivity contribution in [1.29, 1.82) is 0 Å². The van der Waals surface area contributed by atoms with Crippen LogP contribution in [0.5, 0.6) is 0 Å². The van der Waals surface area contributed by atoms with Gasteiger partial charge >= 0.3 is 5.97 Å². The molecule has 0 saturated carbocycles. The Hall–Kier alpha value is -3.21. The second kappa shape index (κ2) is 8.66. The molecule has 0 aliphatic carbocycles. The normalized spacial score (nSPS) is 14.7. The number of hydrogen-bond acceptors (Lipinski definition) is 5. The van der Waals surface area contributed by atoms with Crippen molar-refractivity contribution >= 4 is 28.3 Å². The number of anilines is 1. The highest BCUT2D eigenvalue weighted by Gasteiger charge is 2.29. The van der Waals surface area contributed by atoms with Gasteiger partial charge in [-0.15, -0.1) is 0 Å². The number of aromatic nitrogens is 1. The molecule has 4 rings (SSSR count). The summed E-state index contributed by atoms with van der Waals surface area (Å²) in [7, 11) is 0. The molecule has 5 heteroatoms. The van der Waals surface area contributed by atoms with Crippen molar-refractivity contribution in [3.05, 3.63) is 71.4 Å². The average Bonchev–Trinajstić information content (AvgIpc) is 2.78. The second-order valence-electron chi connectivity index (χ2n) is 7.75. The SMILES string of the molecule is CCOC(=O)C1CCN(c2c(C(=O)c3ccccc3)cnc3ccc(C)cc23)CC1. The maximum atomic E-state index is 13.4. The van der Waals surface area contributed by atoms with Crippen LogP contribution in [0.15, 0.2) is 54.7 Å². The maximum Gasteiger partial charge on any atom is 0.309 e. The lowest BCUT2D eigenvalue weighted by atomic mass is 9.94. The van der Waals surface area contributed by atoms with Crippen LogP contribution in [0.3, 0.4) is 0 Å². The second-order valence-corrected chi connectivity index (χ2v) is 7.75. The molecule has 1 saturated heterocycles. The Balaban J connectivity index is 1.74. The fourth-order valence-electron chi connectivity index (χ4n) is 4.14. The van der Waals surface area contributed by atoms with Crippen LogP contribution in [-0.2, 0) is 9.53 Å². The molecule has 3 aromatic rings. The summed E-state index contributed by atoms with van der Waals surface area (Å²) < 4.78 is 5.21. The predicted molar refractivity (Wildman–Crippen MR) is 118 cm³/mol. The molecule has 1 aliphatic heterocycles. The molecule has 1 aromatic heterocycles. The quantitative estimate of drug-likeness (QED) is 0.463. The minimum Gasteiger partial charge on any atom is -0.466 e. The van der Waals surface area contributed by atoms with Crippen LogP contribution in [0.4, 0.5) is 5.69 Å². The number of hydrogen-bond donors (Lipinski definition) is 0. The zero-order valence-electron chi connectivity index (χ0n) is 17.4. The number of ketones is 1. The molecule has 1 aliphatic rings. The van der Waals surface area contributed by atoms with E-state index in [9.17, 15) is 9.59 Å². The molecule has 2 aromatic carbocycles. The first-order valence-electron chi connectivity index (χ1n) is 10.5. The van der Waals surface area contributed by atoms with Crippen LogP contribution >= 0.6 is 0 Å². The molecule has 5 nitrogen and oxygen atoms in total. The number of pyridine rings is 1. The van der Waals surface area contributed by atoms with E-state index in [1.165, 1.54) is 0 Å². The van der Waals surface area contributed by atoms with E-state index in [0.717, 1.165) is 22.2 Å². The van der Waals surface area contributed by atoms with Gasteiger partial charge in [0.2, 0.25) is 0 Å². The van der Waals surface area contributed by atoms with E-state index in [-0.39, 0.29) is 17.7 Å². The van der Waals surface area contributed by atoms with Crippen molar-refractivity contribution in [1.82, 2.24) is 4.98 Å². The van der Waals surface area contributed by atoms with E-state index >= 15 is 0 Å². The largest absolute Gasteiger partial charge is 0.466 e. The number of aryl methyl sites for hydroxylation is 1. The Morgan fingerprint density at radius 1 is 1.10 bits per heavy atom. The van der Waals surface area contributed by atoms with E-state index in [2.05, 4.69) is 16.0 Å². The van der Waals surface area contributed by atoms with E-state index in [1.807, 2.05) is 56.3 Å². The molecule has 0 atom stereocenters. The smallest absolute Gasteiger partial charge is 0.309 e. The van der Waals surface area contributed by atoms with Gasteiger partial charge in [-0.1, -0.05) is 42.0 Å². The number of piperidine rings is 1. The van der Waals surface area contributed by atoms with E-state index in [4.69, 9.17) is 4.74 Å². The van der Waals surface area contributed by atoms with Gasteiger partial charge in [0.25, 0.3) is 0 Å². The third-order valence-corrected chi connectivity index (χ3v) is 5.71. The van der Waals surface area contributed by atoms with Crippen molar-refractivity contribution in [2.45, 2.75) is 26.7 Å². The monoisotopic (exact) mass is 402 g/mol. The fraction of sp³-hybridized carbons (Fsp3) is 0.320. The highest BCUT2D eigenvalue weighted by atomic mass is 16.5. The molecule has 2 heterocycles. The number of fused-ring (bicyclic) bond motifs is 1. The number of ether oxygens (including phenoxy) is 1. The van der Waals surface area contributed by atoms with Crippen LogP contribution in [0.25, 0.3) is 10.9 Å². The Kier molecular flexibility index (Phi) is 5.79. The molecule has 0 amide bonds. The summed E-state index contributed by atoms with van der Waals surface area (Å²) >= 11 is 0. The van der Waals surface area contributed by atoms with E-state index < -0.39 is 0 Å². The Morgan fingerprint density at radius 3 is 2.53 bits per heavy atom. The van der Waals surface area contributed by atoms with Crippen molar-refractivity contribution in [3.63, 3.8) is 0 Å². The highest BCUT2D eigenvalue weighted by Crippen LogP contribution is 2.34. The molecular weight excluding hydrogens is 376 g/mol. The van der Waals surface area contributed by atoms with Gasteiger partial charge in [0.15, 0.2) is 5.78 Å². The Bertz CT molecular complexity index is 1070. The van der Waals surface area contributed by atoms with Gasteiger partial charge in [-0.3, -0.25) is 14.6 Å². The number of benzene rings is 2. The van der Waals surface area contributed by atoms with Crippen molar-refractivity contribution in [2.24, 2.45) is 5.92 Å². The zero-order valence-corrected chi connectivity index (χ0v) is 17.4. The van der Waals surface area contributed by atoms with E-state index in [0.29, 0.717) is 43.7 Å². The Labute approximate surface area is 176 Å². The summed E-state index contributed by atoms with van der Waals surface area (Å²) in [6.45, 7) is 5.68. The van der Waals surface area contributed by atoms with Gasteiger partial charge in [0.05, 0.1) is 29.3 Å². The average molecular weight is 402 g/mol. The third kappa shape index (κ3) is 3.92. The van der Waals surface area contributed by atoms with Gasteiger partial charge in [-0.25, -0.2) is 0 Å². The van der Waals surface area contributed by atoms with Gasteiger partial charge in [0.1, 0.15) is 0 Å². The number of carbonyl (C=O) groups excluding carboxylic acids is 2. The highest BCUT2D eigenvalue weighted by molar-refractivity contribution is 6.16. The first-order chi connectivity index (χ1) is 14.6. The first kappa shape index (κ1) is 20.1. The number of esters is 1. The summed E-state index contributed by atoms with van der Waals surface area (Å²) in [5, 5.41) is 0.978. The standard InChI is InChI=1S/C25H26N2O3/c1-3-30-25(29)19-11-13-27(14-12-19)23-20-15-17(2)9-10-22(20)26-16-21(23)24(28)18-7-5-4-6-8-18/h4-10,15-16,19H,3,11-14H2,1-2H3. The van der Waals surface area contributed by atoms with Crippen LogP contribution in [-0.4, -0.2) is 36.4 Å². The van der Waals surface area contributed by atoms with Crippen molar-refractivity contribution < 1.29 is 14.3 Å². The Morgan fingerprint density at radius 2 is 1.83 bits per heavy atom. The lowest BCUT2D eigenvalue weighted by Crippen LogP contribution is -2.38. The summed E-state index contributed by atoms with van der Waals surface area (Å²) in [5.74, 6) is -0.230. The number of carbonyl (C=O) groups is 2. The van der Waals surface area contributed by atoms with Crippen molar-refractivity contribution in [2.75, 3.05) is 24.6 Å². The molecule has 0 bridgehead atoms. The molecule has 0 unspecified atom stereocenters. The molecule has 154 valence electrons. The van der Waals surface area contributed by atoms with Gasteiger partial charge < -0.3 is 9.64 Å². The lowest BCUT2D eigenvalue weighted by molar-refractivity contribution is -0.148. The van der Waals surface area contributed by atoms with Gasteiger partial charge in [0, 0.05) is 30.2 Å². The number of rotatable bonds is 5. The van der Waals surface area contributed by atoms with Gasteiger partial charge in [-0.05, 0) is 38.8 Å². The van der Waals surface area contributed by atoms with Crippen LogP contribution in [0.1, 0.15) is 41.3 Å². The fourth-order valence-corrected chi connectivity index (χ4v) is 4.14. The van der Waals surface area contributed by atoms with Crippen LogP contribution in [0.2, 0.25) is 0 Å². The number of nitrogens with zero attached hydrogens (tertiary/aromatic N) is 2. The minimum atomic E-state index is -0.117. The zero-order chi connectivity index (χ0) is 21.1. The topological polar surface area (TPSA) is 59.5 Å². The van der Waals surface area contributed by atoms with Gasteiger partial charge in [-0.2, -0.15) is 0 Å². The van der Waals surface area contributed by atoms with Crippen molar-refractivity contribution in [3.8, 4) is 0 Å². The van der Waals surface area contributed by atoms with Crippen LogP contribution in [0, 0.1) is 12.8 Å². The molecule has 30 heavy (non-hydrogen) atoms. The molecule has 0 spiro atoms. The summed E-state index contributed by atoms with van der Waals surface area (Å²) in [4.78, 5) is 32.3.